The second-order valence-corrected chi connectivity index (χ2v) is 23.6. The Morgan fingerprint density at radius 1 is 0.271 bits per heavy atom. The molecule has 85 heavy (non-hydrogen) atoms. The summed E-state index contributed by atoms with van der Waals surface area (Å²) in [5.74, 6) is 0. The van der Waals surface area contributed by atoms with Gasteiger partial charge in [0.25, 0.3) is 0 Å². The monoisotopic (exact) mass is 1540 g/mol. The SMILES string of the molecule is CO[C@H]1O[C@H](CO[C@@H]2O[C@H](COS(=O)(=O)[O-])[C@@H](OS(=O)(=O)[O-])[C@H](OS(=O)(=O)[O-])[C@H]2OS(=O)(=O)[O-])[C@@H](OS(=O)(=O)[O-])[C@H](O[C@@H]2O[C@H](COS(=O)(=O)[O-])[C@@H](OS(=O)(=O)[O-])[C@H](OS(=O)(=O)[O-])[C@H]2OS(=O)(=O)[O-])[C@H]1OS(=O)(=O)[O-].[Na+].[Na+].[Na+].[Na+].[Na+].[Na+].[Na+].[Na+].[Na+].[Na+]. The molecule has 3 saturated heterocycles. The van der Waals surface area contributed by atoms with Gasteiger partial charge in [-0.05, 0) is 0 Å². The Morgan fingerprint density at radius 3 is 0.753 bits per heavy atom. The van der Waals surface area contributed by atoms with Crippen LogP contribution >= 0.6 is 0 Å². The van der Waals surface area contributed by atoms with Crippen molar-refractivity contribution in [1.29, 1.82) is 0 Å². The quantitative estimate of drug-likeness (QED) is 0.0399. The van der Waals surface area contributed by atoms with Crippen molar-refractivity contribution in [3.63, 3.8) is 0 Å². The van der Waals surface area contributed by atoms with Gasteiger partial charge in [-0.25, -0.2) is 84.2 Å². The molecule has 0 unspecified atom stereocenters. The second-order valence-electron chi connectivity index (χ2n) is 13.4. The van der Waals surface area contributed by atoms with Crippen LogP contribution in [0, 0.1) is 0 Å². The van der Waals surface area contributed by atoms with E-state index in [9.17, 15) is 130 Å². The van der Waals surface area contributed by atoms with E-state index in [0.717, 1.165) is 0 Å². The largest absolute Gasteiger partial charge is 1.00 e. The summed E-state index contributed by atoms with van der Waals surface area (Å²) in [6, 6.07) is 0. The fraction of sp³-hybridized carbons (Fsp3) is 1.00. The first kappa shape index (κ1) is 109. The van der Waals surface area contributed by atoms with Gasteiger partial charge in [0.15, 0.2) is 37.2 Å². The van der Waals surface area contributed by atoms with Crippen LogP contribution in [0.1, 0.15) is 0 Å². The minimum Gasteiger partial charge on any atom is -0.726 e. The van der Waals surface area contributed by atoms with Crippen LogP contribution in [0.5, 0.6) is 0 Å². The maximum Gasteiger partial charge on any atom is 1.00 e. The van der Waals surface area contributed by atoms with Gasteiger partial charge >= 0.3 is 296 Å². The number of ether oxygens (including phenoxy) is 6. The topological polar surface area (TPSA) is 720 Å². The van der Waals surface area contributed by atoms with E-state index < -0.39 is 216 Å². The Kier molecular flexibility index (Phi) is 56.7. The molecule has 446 valence electrons. The van der Waals surface area contributed by atoms with Gasteiger partial charge in [-0.1, -0.05) is 0 Å². The van der Waals surface area contributed by atoms with Crippen LogP contribution in [0.25, 0.3) is 0 Å². The molecule has 0 amide bonds. The molecule has 3 rings (SSSR count). The molecule has 0 aromatic heterocycles. The third-order valence-corrected chi connectivity index (χ3v) is 12.8. The molecule has 0 N–H and O–H groups in total. The molecule has 0 radical (unpaired) electrons. The zero-order chi connectivity index (χ0) is 58.1. The van der Waals surface area contributed by atoms with Crippen LogP contribution in [-0.2, 0) is 174 Å². The molecular weight excluding hydrogens is 1510 g/mol. The van der Waals surface area contributed by atoms with Crippen molar-refractivity contribution in [1.82, 2.24) is 0 Å². The molecule has 0 aromatic rings. The summed E-state index contributed by atoms with van der Waals surface area (Å²) < 4.78 is 422. The molecular formula is C19H24Na10O46S10. The van der Waals surface area contributed by atoms with Crippen LogP contribution in [-0.4, -0.2) is 249 Å². The Labute approximate surface area is 705 Å². The van der Waals surface area contributed by atoms with Crippen LogP contribution in [0.4, 0.5) is 0 Å². The predicted octanol–water partition coefficient (Wildman–Crippen LogP) is -42.0. The van der Waals surface area contributed by atoms with E-state index >= 15 is 0 Å². The van der Waals surface area contributed by atoms with E-state index in [0.29, 0.717) is 7.11 Å². The summed E-state index contributed by atoms with van der Waals surface area (Å²) in [6.07, 6.45) is -50.2. The van der Waals surface area contributed by atoms with Crippen molar-refractivity contribution in [2.24, 2.45) is 0 Å². The first-order chi connectivity index (χ1) is 33.3. The van der Waals surface area contributed by atoms with Crippen molar-refractivity contribution in [2.45, 2.75) is 92.1 Å². The van der Waals surface area contributed by atoms with E-state index in [1.165, 1.54) is 0 Å². The molecule has 3 aliphatic heterocycles. The predicted molar refractivity (Wildman–Crippen MR) is 192 cm³/mol. The molecule has 0 spiro atoms. The van der Waals surface area contributed by atoms with E-state index in [-0.39, 0.29) is 296 Å². The average molecular weight is 1540 g/mol. The Morgan fingerprint density at radius 2 is 0.482 bits per heavy atom. The summed E-state index contributed by atoms with van der Waals surface area (Å²) >= 11 is 0. The fourth-order valence-corrected chi connectivity index (χ4v) is 10.8. The maximum atomic E-state index is 12.2. The summed E-state index contributed by atoms with van der Waals surface area (Å²) in [5, 5.41) is 0. The van der Waals surface area contributed by atoms with Gasteiger partial charge in [0.05, 0.1) is 19.8 Å². The number of methoxy groups -OCH3 is 1. The van der Waals surface area contributed by atoms with Gasteiger partial charge in [-0.2, -0.15) is 0 Å². The Hall–Kier alpha value is 8.46. The molecule has 66 heteroatoms. The van der Waals surface area contributed by atoms with Gasteiger partial charge in [-0.3, -0.25) is 41.8 Å². The molecule has 0 aromatic carbocycles. The first-order valence-electron chi connectivity index (χ1n) is 17.4. The van der Waals surface area contributed by atoms with Crippen molar-refractivity contribution < 1.29 is 496 Å². The molecule has 0 aliphatic carbocycles. The number of hydrogen-bond acceptors (Lipinski definition) is 46. The third-order valence-electron chi connectivity index (χ3n) is 8.31. The molecule has 3 fully saturated rings. The van der Waals surface area contributed by atoms with E-state index in [1.807, 2.05) is 0 Å². The Balaban J connectivity index is -0.000000988. The van der Waals surface area contributed by atoms with Crippen molar-refractivity contribution >= 4 is 104 Å². The zero-order valence-corrected chi connectivity index (χ0v) is 72.8. The number of hydrogen-bond donors (Lipinski definition) is 0. The van der Waals surface area contributed by atoms with E-state index in [2.05, 4.69) is 41.8 Å². The molecule has 3 aliphatic rings. The van der Waals surface area contributed by atoms with E-state index in [1.54, 1.807) is 0 Å². The Bertz CT molecular complexity index is 3200. The molecule has 0 saturated carbocycles. The van der Waals surface area contributed by atoms with Crippen LogP contribution in [0.2, 0.25) is 0 Å². The van der Waals surface area contributed by atoms with Gasteiger partial charge in [0.1, 0.15) is 54.9 Å². The zero-order valence-electron chi connectivity index (χ0n) is 44.6. The minimum absolute atomic E-state index is 0. The van der Waals surface area contributed by atoms with E-state index in [4.69, 9.17) is 28.4 Å². The molecule has 0 bridgehead atoms. The van der Waals surface area contributed by atoms with Crippen molar-refractivity contribution in [3.8, 4) is 0 Å². The van der Waals surface area contributed by atoms with Gasteiger partial charge in [-0.15, -0.1) is 0 Å². The van der Waals surface area contributed by atoms with Crippen LogP contribution in [0.3, 0.4) is 0 Å². The molecule has 15 atom stereocenters. The molecule has 3 heterocycles. The van der Waals surface area contributed by atoms with Gasteiger partial charge in [0.2, 0.25) is 104 Å². The third kappa shape index (κ3) is 43.8. The first-order valence-corrected chi connectivity index (χ1v) is 30.7. The van der Waals surface area contributed by atoms with Crippen molar-refractivity contribution in [2.75, 3.05) is 26.9 Å². The van der Waals surface area contributed by atoms with Gasteiger partial charge in [0, 0.05) is 7.11 Å². The smallest absolute Gasteiger partial charge is 0.726 e. The summed E-state index contributed by atoms with van der Waals surface area (Å²) in [4.78, 5) is 0. The fourth-order valence-electron chi connectivity index (χ4n) is 6.24. The minimum atomic E-state index is -6.65. The molecule has 46 nitrogen and oxygen atoms in total. The summed E-state index contributed by atoms with van der Waals surface area (Å²) in [7, 11) is -64.1. The normalized spacial score (nSPS) is 28.7. The second kappa shape index (κ2) is 44.1. The maximum absolute atomic E-state index is 12.2. The van der Waals surface area contributed by atoms with Crippen LogP contribution in [0.15, 0.2) is 0 Å². The summed E-state index contributed by atoms with van der Waals surface area (Å²) in [6.45, 7) is -6.28. The standard InChI is InChI=1S/C19H34O46S10.10Na/c1-50-17-14(63-73(41,42)43)11(57-19-16(65-75(47,48)49)13(62-72(38,39)40)10(60-70(32,33)34)7(56-19)4-53-67(23,24)25)8(58-68(26,27)28)5(54-17)2-51-18-15(64-74(44,45)46)12(61-71(35,36)37)9(59-69(29,30)31)6(55-18)3-52-66(20,21)22;;;;;;;;;;/h5-19H,2-4H2,1H3,(H,20,21,22)(H,23,24,25)(H,26,27,28)(H,29,30,31)(H,32,33,34)(H,35,36,37)(H,38,39,40)(H,41,42,43)(H,44,45,46)(H,47,48,49);;;;;;;;;;/q;10*+1/p-10/t5-,6-,7-,8-,9-,10-,11+,12+,13+,14-,15-,16-,17+,18-,19+;;;;;;;;;;/m1........../s1. The number of rotatable bonds is 28. The summed E-state index contributed by atoms with van der Waals surface area (Å²) in [5.41, 5.74) is 0. The van der Waals surface area contributed by atoms with Crippen LogP contribution < -0.4 is 296 Å². The van der Waals surface area contributed by atoms with Gasteiger partial charge < -0.3 is 73.9 Å². The van der Waals surface area contributed by atoms with Crippen molar-refractivity contribution in [3.05, 3.63) is 0 Å². The average Bonchev–Trinajstić information content (AvgIpc) is 3.13.